The Bertz CT molecular complexity index is 1840. The van der Waals surface area contributed by atoms with Crippen molar-refractivity contribution in [1.29, 1.82) is 0 Å². The molecule has 1 aromatic carbocycles. The van der Waals surface area contributed by atoms with Gasteiger partial charge in [0.05, 0.1) is 22.7 Å². The number of anilines is 3. The van der Waals surface area contributed by atoms with Crippen LogP contribution in [0.2, 0.25) is 0 Å². The number of aromatic nitrogens is 4. The summed E-state index contributed by atoms with van der Waals surface area (Å²) in [5.41, 5.74) is 1.43. The number of fused-ring (bicyclic) bond motifs is 1. The van der Waals surface area contributed by atoms with Gasteiger partial charge in [-0.1, -0.05) is 0 Å². The first-order chi connectivity index (χ1) is 21.0. The van der Waals surface area contributed by atoms with Gasteiger partial charge in [0.15, 0.2) is 9.84 Å². The lowest BCUT2D eigenvalue weighted by atomic mass is 10.1. The predicted octanol–water partition coefficient (Wildman–Crippen LogP) is 3.87. The van der Waals surface area contributed by atoms with E-state index in [0.29, 0.717) is 52.4 Å². The van der Waals surface area contributed by atoms with Crippen LogP contribution in [-0.4, -0.2) is 83.4 Å². The molecule has 3 aromatic heterocycles. The van der Waals surface area contributed by atoms with E-state index in [9.17, 15) is 13.2 Å². The standard InChI is InChI=1S/C30H37FN8O3S2/c1-5-39-27-20(12-23(29(39)40)28-32-15-26(43-28)44(41,42)22-8-10-37(4)11-9-22)14-33-30(36-27)35-21-6-7-25(24(31)13-21)38-16-18(2)34-19(3)17-38/h6-7,12-15,18-19,22,34H,5,8-11,16-17H2,1-4H3,(H,33,35,36)/t18-,19+. The number of sulfone groups is 1. The molecule has 44 heavy (non-hydrogen) atoms. The van der Waals surface area contributed by atoms with Crippen molar-refractivity contribution < 1.29 is 12.8 Å². The lowest BCUT2D eigenvalue weighted by Crippen LogP contribution is -2.54. The summed E-state index contributed by atoms with van der Waals surface area (Å²) in [4.78, 5) is 31.1. The van der Waals surface area contributed by atoms with Crippen molar-refractivity contribution in [3.63, 3.8) is 0 Å². The van der Waals surface area contributed by atoms with Crippen LogP contribution in [0.1, 0.15) is 33.6 Å². The van der Waals surface area contributed by atoms with Gasteiger partial charge < -0.3 is 20.4 Å². The van der Waals surface area contributed by atoms with Crippen LogP contribution in [-0.2, 0) is 16.4 Å². The lowest BCUT2D eigenvalue weighted by molar-refractivity contribution is 0.278. The van der Waals surface area contributed by atoms with E-state index in [-0.39, 0.29) is 33.6 Å². The molecule has 0 spiro atoms. The highest BCUT2D eigenvalue weighted by molar-refractivity contribution is 7.94. The Hall–Kier alpha value is -3.46. The molecule has 14 heteroatoms. The van der Waals surface area contributed by atoms with Crippen LogP contribution in [0, 0.1) is 5.82 Å². The van der Waals surface area contributed by atoms with Gasteiger partial charge in [-0.2, -0.15) is 4.98 Å². The number of piperazine rings is 1. The molecule has 2 aliphatic rings. The number of benzene rings is 1. The van der Waals surface area contributed by atoms with Crippen molar-refractivity contribution >= 4 is 49.5 Å². The maximum absolute atomic E-state index is 15.2. The summed E-state index contributed by atoms with van der Waals surface area (Å²) in [6.45, 7) is 9.23. The fraction of sp³-hybridized carbons (Fsp3) is 0.467. The molecule has 2 aliphatic heterocycles. The van der Waals surface area contributed by atoms with E-state index in [0.717, 1.165) is 37.5 Å². The summed E-state index contributed by atoms with van der Waals surface area (Å²) in [6, 6.07) is 7.14. The second kappa shape index (κ2) is 12.1. The Balaban J connectivity index is 1.26. The van der Waals surface area contributed by atoms with Crippen LogP contribution in [0.4, 0.5) is 21.7 Å². The number of halogens is 1. The van der Waals surface area contributed by atoms with E-state index in [1.807, 2.05) is 18.9 Å². The summed E-state index contributed by atoms with van der Waals surface area (Å²) in [6.07, 6.45) is 4.11. The Morgan fingerprint density at radius 1 is 1.09 bits per heavy atom. The summed E-state index contributed by atoms with van der Waals surface area (Å²) in [7, 11) is -1.55. The molecule has 2 fully saturated rings. The quantitative estimate of drug-likeness (QED) is 0.308. The molecular formula is C30H37FN8O3S2. The number of hydrogen-bond donors (Lipinski definition) is 2. The highest BCUT2D eigenvalue weighted by atomic mass is 32.2. The van der Waals surface area contributed by atoms with Crippen LogP contribution >= 0.6 is 11.3 Å². The van der Waals surface area contributed by atoms with E-state index in [4.69, 9.17) is 0 Å². The van der Waals surface area contributed by atoms with E-state index in [2.05, 4.69) is 44.3 Å². The number of pyridine rings is 1. The van der Waals surface area contributed by atoms with E-state index >= 15 is 4.39 Å². The molecule has 0 amide bonds. The van der Waals surface area contributed by atoms with Crippen LogP contribution in [0.5, 0.6) is 0 Å². The van der Waals surface area contributed by atoms with Gasteiger partial charge in [-0.25, -0.2) is 22.8 Å². The number of nitrogens with one attached hydrogen (secondary N) is 2. The van der Waals surface area contributed by atoms with Gasteiger partial charge in [-0.05, 0) is 78.0 Å². The maximum atomic E-state index is 15.2. The minimum Gasteiger partial charge on any atom is -0.366 e. The minimum atomic E-state index is -3.54. The van der Waals surface area contributed by atoms with Gasteiger partial charge in [0, 0.05) is 49.0 Å². The maximum Gasteiger partial charge on any atom is 0.262 e. The van der Waals surface area contributed by atoms with E-state index < -0.39 is 15.1 Å². The number of nitrogens with zero attached hydrogens (tertiary/aromatic N) is 6. The number of thiazole rings is 1. The third-order valence-electron chi connectivity index (χ3n) is 8.34. The first-order valence-electron chi connectivity index (χ1n) is 14.9. The molecule has 2 atom stereocenters. The molecule has 0 aliphatic carbocycles. The SMILES string of the molecule is CCn1c(=O)c(-c2ncc(S(=O)(=O)C3CCN(C)CC3)s2)cc2cnc(Nc3ccc(N4C[C@@H](C)N[C@@H](C)C4)c(F)c3)nc21. The van der Waals surface area contributed by atoms with Gasteiger partial charge in [-0.3, -0.25) is 9.36 Å². The van der Waals surface area contributed by atoms with Crippen molar-refractivity contribution in [2.45, 2.75) is 61.7 Å². The largest absolute Gasteiger partial charge is 0.366 e. The molecule has 0 bridgehead atoms. The number of aryl methyl sites for hydroxylation is 1. The lowest BCUT2D eigenvalue weighted by Gasteiger charge is -2.37. The van der Waals surface area contributed by atoms with Crippen LogP contribution in [0.25, 0.3) is 21.6 Å². The van der Waals surface area contributed by atoms with Crippen molar-refractivity contribution in [3.8, 4) is 10.6 Å². The second-order valence-electron chi connectivity index (χ2n) is 11.8. The molecule has 2 saturated heterocycles. The fourth-order valence-corrected chi connectivity index (χ4v) is 9.26. The first kappa shape index (κ1) is 30.6. The summed E-state index contributed by atoms with van der Waals surface area (Å²) >= 11 is 1.03. The highest BCUT2D eigenvalue weighted by Gasteiger charge is 2.32. The average molecular weight is 641 g/mol. The van der Waals surface area contributed by atoms with Crippen molar-refractivity contribution in [2.24, 2.45) is 0 Å². The normalized spacial score (nSPS) is 20.3. The Morgan fingerprint density at radius 3 is 2.50 bits per heavy atom. The molecule has 0 saturated carbocycles. The van der Waals surface area contributed by atoms with Gasteiger partial charge in [-0.15, -0.1) is 11.3 Å². The minimum absolute atomic E-state index is 0.180. The van der Waals surface area contributed by atoms with Crippen molar-refractivity contribution in [2.75, 3.05) is 43.4 Å². The summed E-state index contributed by atoms with van der Waals surface area (Å²) in [5.74, 6) is -0.114. The predicted molar refractivity (Wildman–Crippen MR) is 172 cm³/mol. The smallest absolute Gasteiger partial charge is 0.262 e. The zero-order valence-corrected chi connectivity index (χ0v) is 26.9. The monoisotopic (exact) mass is 640 g/mol. The molecule has 11 nitrogen and oxygen atoms in total. The van der Waals surface area contributed by atoms with Crippen LogP contribution < -0.4 is 21.1 Å². The molecule has 234 valence electrons. The topological polar surface area (TPSA) is 125 Å². The average Bonchev–Trinajstić information content (AvgIpc) is 3.48. The number of rotatable bonds is 7. The fourth-order valence-electron chi connectivity index (χ4n) is 6.13. The van der Waals surface area contributed by atoms with Gasteiger partial charge in [0.25, 0.3) is 5.56 Å². The molecule has 5 heterocycles. The van der Waals surface area contributed by atoms with Crippen molar-refractivity contribution in [3.05, 3.63) is 52.8 Å². The van der Waals surface area contributed by atoms with Gasteiger partial charge in [0.1, 0.15) is 20.7 Å². The third kappa shape index (κ3) is 5.95. The van der Waals surface area contributed by atoms with Crippen molar-refractivity contribution in [1.82, 2.24) is 29.7 Å². The molecule has 2 N–H and O–H groups in total. The molecule has 0 unspecified atom stereocenters. The number of piperidine rings is 1. The third-order valence-corrected chi connectivity index (χ3v) is 12.1. The Kier molecular flexibility index (Phi) is 8.44. The molecule has 4 aromatic rings. The summed E-state index contributed by atoms with van der Waals surface area (Å²) < 4.78 is 43.5. The molecule has 0 radical (unpaired) electrons. The summed E-state index contributed by atoms with van der Waals surface area (Å²) in [5, 5.41) is 7.02. The molecule has 6 rings (SSSR count). The van der Waals surface area contributed by atoms with E-state index in [1.54, 1.807) is 24.4 Å². The first-order valence-corrected chi connectivity index (χ1v) is 17.3. The van der Waals surface area contributed by atoms with Gasteiger partial charge in [0.2, 0.25) is 5.95 Å². The number of likely N-dealkylation sites (tertiary alicyclic amines) is 1. The van der Waals surface area contributed by atoms with Crippen LogP contribution in [0.3, 0.4) is 0 Å². The Morgan fingerprint density at radius 2 is 1.82 bits per heavy atom. The van der Waals surface area contributed by atoms with E-state index in [1.165, 1.54) is 16.8 Å². The second-order valence-corrected chi connectivity index (χ2v) is 15.3. The zero-order valence-electron chi connectivity index (χ0n) is 25.2. The Labute approximate surface area is 260 Å². The zero-order chi connectivity index (χ0) is 31.2. The number of hydrogen-bond acceptors (Lipinski definition) is 11. The molecular weight excluding hydrogens is 604 g/mol. The van der Waals surface area contributed by atoms with Crippen LogP contribution in [0.15, 0.2) is 45.7 Å². The highest BCUT2D eigenvalue weighted by Crippen LogP contribution is 2.33. The van der Waals surface area contributed by atoms with Gasteiger partial charge >= 0.3 is 0 Å².